The van der Waals surface area contributed by atoms with Crippen LogP contribution in [0.3, 0.4) is 0 Å². The van der Waals surface area contributed by atoms with Gasteiger partial charge in [-0.15, -0.1) is 11.3 Å². The van der Waals surface area contributed by atoms with Crippen LogP contribution in [0.15, 0.2) is 36.5 Å². The fourth-order valence-electron chi connectivity index (χ4n) is 3.67. The molecule has 2 aromatic rings. The van der Waals surface area contributed by atoms with E-state index in [0.717, 1.165) is 18.5 Å². The summed E-state index contributed by atoms with van der Waals surface area (Å²) in [6.07, 6.45) is 3.52. The van der Waals surface area contributed by atoms with Crippen LogP contribution in [0.4, 0.5) is 0 Å². The number of amides is 2. The van der Waals surface area contributed by atoms with Gasteiger partial charge in [0, 0.05) is 25.3 Å². The van der Waals surface area contributed by atoms with Gasteiger partial charge in [0.15, 0.2) is 0 Å². The van der Waals surface area contributed by atoms with E-state index in [9.17, 15) is 9.59 Å². The van der Waals surface area contributed by atoms with Gasteiger partial charge in [-0.1, -0.05) is 17.7 Å². The summed E-state index contributed by atoms with van der Waals surface area (Å²) in [6, 6.07) is 9.28. The Kier molecular flexibility index (Phi) is 4.48. The molecule has 3 aliphatic rings. The molecule has 2 amide bonds. The molecule has 7 heteroatoms. The van der Waals surface area contributed by atoms with Gasteiger partial charge >= 0.3 is 0 Å². The van der Waals surface area contributed by atoms with Gasteiger partial charge in [0.1, 0.15) is 0 Å². The Bertz CT molecular complexity index is 795. The number of fused-ring (bicyclic) bond motifs is 4. The van der Waals surface area contributed by atoms with Crippen LogP contribution < -0.4 is 0 Å². The molecule has 5 rings (SSSR count). The second kappa shape index (κ2) is 6.77. The van der Waals surface area contributed by atoms with Crippen molar-refractivity contribution >= 4 is 34.8 Å². The Labute approximate surface area is 155 Å². The van der Waals surface area contributed by atoms with Gasteiger partial charge in [0.05, 0.1) is 27.4 Å². The van der Waals surface area contributed by atoms with E-state index >= 15 is 0 Å². The van der Waals surface area contributed by atoms with Crippen LogP contribution in [-0.2, 0) is 11.3 Å². The standard InChI is InChI=1S/C18H18ClN3O2S/c19-16-7-6-15(25-16)18(24)21-9-12-4-5-14(11-21)22(17(12)23)10-13-3-1-2-8-20-13/h1-3,6-8,12,14H,4-5,9-11H2/t12-,14+/m0/s1. The van der Waals surface area contributed by atoms with Crippen molar-refractivity contribution in [3.05, 3.63) is 51.4 Å². The van der Waals surface area contributed by atoms with E-state index in [1.807, 2.05) is 28.0 Å². The van der Waals surface area contributed by atoms with Crippen molar-refractivity contribution in [1.29, 1.82) is 0 Å². The molecule has 5 nitrogen and oxygen atoms in total. The van der Waals surface area contributed by atoms with Crippen molar-refractivity contribution in [3.8, 4) is 0 Å². The molecule has 25 heavy (non-hydrogen) atoms. The molecule has 0 N–H and O–H groups in total. The topological polar surface area (TPSA) is 53.5 Å². The van der Waals surface area contributed by atoms with E-state index in [-0.39, 0.29) is 23.8 Å². The number of aromatic nitrogens is 1. The maximum absolute atomic E-state index is 12.9. The second-order valence-corrected chi connectivity index (χ2v) is 8.24. The number of nitrogens with zero attached hydrogens (tertiary/aromatic N) is 3. The Balaban J connectivity index is 1.55. The molecule has 3 fully saturated rings. The van der Waals surface area contributed by atoms with Crippen LogP contribution in [0.5, 0.6) is 0 Å². The molecule has 5 heterocycles. The smallest absolute Gasteiger partial charge is 0.264 e. The largest absolute Gasteiger partial charge is 0.335 e. The van der Waals surface area contributed by atoms with Crippen LogP contribution in [0, 0.1) is 5.92 Å². The highest BCUT2D eigenvalue weighted by atomic mass is 35.5. The second-order valence-electron chi connectivity index (χ2n) is 6.53. The first-order chi connectivity index (χ1) is 12.1. The average Bonchev–Trinajstić information content (AvgIpc) is 2.88. The summed E-state index contributed by atoms with van der Waals surface area (Å²) in [7, 11) is 0. The summed E-state index contributed by atoms with van der Waals surface area (Å²) in [5.74, 6) is -0.00968. The molecule has 0 radical (unpaired) electrons. The third-order valence-electron chi connectivity index (χ3n) is 4.92. The maximum atomic E-state index is 12.9. The van der Waals surface area contributed by atoms with Crippen molar-refractivity contribution < 1.29 is 9.59 Å². The van der Waals surface area contributed by atoms with Crippen molar-refractivity contribution in [1.82, 2.24) is 14.8 Å². The summed E-state index contributed by atoms with van der Waals surface area (Å²) < 4.78 is 0.606. The van der Waals surface area contributed by atoms with Gasteiger partial charge in [0.25, 0.3) is 5.91 Å². The van der Waals surface area contributed by atoms with E-state index in [0.29, 0.717) is 28.8 Å². The Morgan fingerprint density at radius 3 is 2.84 bits per heavy atom. The molecule has 130 valence electrons. The Hall–Kier alpha value is -1.92. The first-order valence-electron chi connectivity index (χ1n) is 8.37. The minimum atomic E-state index is -0.123. The number of pyridine rings is 1. The lowest BCUT2D eigenvalue weighted by molar-refractivity contribution is -0.140. The highest BCUT2D eigenvalue weighted by Gasteiger charge is 2.42. The molecular formula is C18H18ClN3O2S. The predicted molar refractivity (Wildman–Crippen MR) is 96.5 cm³/mol. The lowest BCUT2D eigenvalue weighted by Gasteiger charge is -2.35. The highest BCUT2D eigenvalue weighted by molar-refractivity contribution is 7.17. The van der Waals surface area contributed by atoms with Gasteiger partial charge in [-0.05, 0) is 37.1 Å². The number of piperidine rings is 1. The van der Waals surface area contributed by atoms with Crippen molar-refractivity contribution in [2.75, 3.05) is 13.1 Å². The zero-order valence-corrected chi connectivity index (χ0v) is 15.2. The number of hydrogen-bond acceptors (Lipinski definition) is 4. The number of carbonyl (C=O) groups excluding carboxylic acids is 2. The van der Waals surface area contributed by atoms with Crippen molar-refractivity contribution in [2.45, 2.75) is 25.4 Å². The molecule has 2 bridgehead atoms. The lowest BCUT2D eigenvalue weighted by atomic mass is 9.94. The zero-order chi connectivity index (χ0) is 17.4. The molecule has 0 aromatic carbocycles. The summed E-state index contributed by atoms with van der Waals surface area (Å²) in [5, 5.41) is 0. The average molecular weight is 376 g/mol. The monoisotopic (exact) mass is 375 g/mol. The molecule has 3 aliphatic heterocycles. The van der Waals surface area contributed by atoms with E-state index in [1.54, 1.807) is 18.3 Å². The minimum absolute atomic E-state index is 0.0266. The summed E-state index contributed by atoms with van der Waals surface area (Å²) in [6.45, 7) is 1.57. The van der Waals surface area contributed by atoms with Gasteiger partial charge in [-0.25, -0.2) is 0 Å². The molecule has 0 unspecified atom stereocenters. The summed E-state index contributed by atoms with van der Waals surface area (Å²) in [5.41, 5.74) is 0.881. The van der Waals surface area contributed by atoms with Crippen LogP contribution >= 0.6 is 22.9 Å². The quantitative estimate of drug-likeness (QED) is 0.828. The van der Waals surface area contributed by atoms with E-state index in [2.05, 4.69) is 4.98 Å². The van der Waals surface area contributed by atoms with E-state index in [1.165, 1.54) is 11.3 Å². The van der Waals surface area contributed by atoms with E-state index < -0.39 is 0 Å². The third-order valence-corrected chi connectivity index (χ3v) is 6.14. The van der Waals surface area contributed by atoms with Crippen molar-refractivity contribution in [2.24, 2.45) is 5.92 Å². The van der Waals surface area contributed by atoms with Gasteiger partial charge in [-0.2, -0.15) is 0 Å². The normalized spacial score (nSPS) is 23.0. The SMILES string of the molecule is O=C(c1ccc(Cl)s1)N1C[C@@H]2CC[C@H](C1)N(Cc1ccccn1)C2=O. The molecular weight excluding hydrogens is 358 g/mol. The van der Waals surface area contributed by atoms with Crippen LogP contribution in [0.2, 0.25) is 4.34 Å². The molecule has 0 spiro atoms. The van der Waals surface area contributed by atoms with Gasteiger partial charge in [0.2, 0.25) is 5.91 Å². The molecule has 0 aliphatic carbocycles. The molecule has 0 saturated carbocycles. The number of carbonyl (C=O) groups is 2. The predicted octanol–water partition coefficient (Wildman–Crippen LogP) is 3.06. The molecule has 2 atom stereocenters. The van der Waals surface area contributed by atoms with E-state index in [4.69, 9.17) is 11.6 Å². The maximum Gasteiger partial charge on any atom is 0.264 e. The fraction of sp³-hybridized carbons (Fsp3) is 0.389. The highest BCUT2D eigenvalue weighted by Crippen LogP contribution is 2.32. The summed E-state index contributed by atoms with van der Waals surface area (Å²) in [4.78, 5) is 34.4. The first kappa shape index (κ1) is 16.5. The molecule has 3 saturated heterocycles. The number of rotatable bonds is 3. The van der Waals surface area contributed by atoms with Crippen molar-refractivity contribution in [3.63, 3.8) is 0 Å². The van der Waals surface area contributed by atoms with Gasteiger partial charge < -0.3 is 9.80 Å². The third kappa shape index (κ3) is 3.28. The minimum Gasteiger partial charge on any atom is -0.335 e. The van der Waals surface area contributed by atoms with Crippen LogP contribution in [0.25, 0.3) is 0 Å². The number of thiophene rings is 1. The fourth-order valence-corrected chi connectivity index (χ4v) is 4.68. The first-order valence-corrected chi connectivity index (χ1v) is 9.56. The molecule has 2 aromatic heterocycles. The van der Waals surface area contributed by atoms with Gasteiger partial charge in [-0.3, -0.25) is 14.6 Å². The number of halogens is 1. The Morgan fingerprint density at radius 2 is 2.12 bits per heavy atom. The Morgan fingerprint density at radius 1 is 1.24 bits per heavy atom. The van der Waals surface area contributed by atoms with Crippen LogP contribution in [-0.4, -0.2) is 45.7 Å². The summed E-state index contributed by atoms with van der Waals surface area (Å²) >= 11 is 7.25. The lowest BCUT2D eigenvalue weighted by Crippen LogP contribution is -2.47. The number of hydrogen-bond donors (Lipinski definition) is 0. The van der Waals surface area contributed by atoms with Crippen LogP contribution in [0.1, 0.15) is 28.2 Å². The zero-order valence-electron chi connectivity index (χ0n) is 13.6.